The first-order valence-corrected chi connectivity index (χ1v) is 5.33. The average molecular weight is 228 g/mol. The Bertz CT molecular complexity index is 521. The van der Waals surface area contributed by atoms with Gasteiger partial charge in [-0.3, -0.25) is 9.59 Å². The average Bonchev–Trinajstić information content (AvgIpc) is 2.83. The number of hydrogen-bond donors (Lipinski definition) is 0. The molecule has 0 fully saturated rings. The molecule has 0 aliphatic rings. The fraction of sp³-hybridized carbons (Fsp3) is 0.143. The molecule has 3 heteroatoms. The minimum absolute atomic E-state index is 0.156. The van der Waals surface area contributed by atoms with Gasteiger partial charge in [0.1, 0.15) is 0 Å². The second kappa shape index (κ2) is 4.78. The van der Waals surface area contributed by atoms with E-state index < -0.39 is 0 Å². The van der Waals surface area contributed by atoms with Gasteiger partial charge in [-0.05, 0) is 19.1 Å². The van der Waals surface area contributed by atoms with Gasteiger partial charge in [0.2, 0.25) is 5.78 Å². The molecule has 0 radical (unpaired) electrons. The van der Waals surface area contributed by atoms with E-state index in [-0.39, 0.29) is 23.7 Å². The van der Waals surface area contributed by atoms with Crippen molar-refractivity contribution in [3.63, 3.8) is 0 Å². The number of carbonyl (C=O) groups excluding carboxylic acids is 2. The zero-order valence-corrected chi connectivity index (χ0v) is 9.47. The molecule has 2 aromatic rings. The van der Waals surface area contributed by atoms with E-state index >= 15 is 0 Å². The highest BCUT2D eigenvalue weighted by Crippen LogP contribution is 2.10. The Balaban J connectivity index is 2.07. The van der Waals surface area contributed by atoms with Gasteiger partial charge in [-0.25, -0.2) is 0 Å². The first kappa shape index (κ1) is 11.3. The Kier molecular flexibility index (Phi) is 3.19. The van der Waals surface area contributed by atoms with Crippen LogP contribution in [-0.2, 0) is 0 Å². The molecule has 0 amide bonds. The summed E-state index contributed by atoms with van der Waals surface area (Å²) in [7, 11) is 0. The van der Waals surface area contributed by atoms with E-state index in [1.165, 1.54) is 6.26 Å². The fourth-order valence-corrected chi connectivity index (χ4v) is 1.51. The minimum Gasteiger partial charge on any atom is -0.461 e. The second-order valence-electron chi connectivity index (χ2n) is 3.87. The predicted octanol–water partition coefficient (Wildman–Crippen LogP) is 3.04. The molecule has 0 spiro atoms. The van der Waals surface area contributed by atoms with Gasteiger partial charge in [0.25, 0.3) is 0 Å². The summed E-state index contributed by atoms with van der Waals surface area (Å²) in [6, 6.07) is 10.4. The maximum Gasteiger partial charge on any atom is 0.205 e. The number of furan rings is 1. The summed E-state index contributed by atoms with van der Waals surface area (Å²) in [5, 5.41) is 0. The number of hydrogen-bond acceptors (Lipinski definition) is 3. The summed E-state index contributed by atoms with van der Waals surface area (Å²) in [6.45, 7) is 1.95. The summed E-state index contributed by atoms with van der Waals surface area (Å²) in [5.41, 5.74) is 1.63. The van der Waals surface area contributed by atoms with Gasteiger partial charge in [-0.2, -0.15) is 0 Å². The minimum atomic E-state index is -0.291. The molecule has 0 unspecified atom stereocenters. The zero-order valence-electron chi connectivity index (χ0n) is 9.47. The van der Waals surface area contributed by atoms with E-state index in [1.54, 1.807) is 24.3 Å². The van der Waals surface area contributed by atoms with Crippen molar-refractivity contribution in [2.45, 2.75) is 13.3 Å². The number of Topliss-reactive ketones (excluding diaryl/α,β-unsaturated/α-hetero) is 2. The van der Waals surface area contributed by atoms with Crippen LogP contribution in [0.25, 0.3) is 0 Å². The molecule has 0 bridgehead atoms. The lowest BCUT2D eigenvalue weighted by atomic mass is 10.0. The molecule has 0 saturated carbocycles. The van der Waals surface area contributed by atoms with E-state index in [4.69, 9.17) is 4.42 Å². The molecule has 0 aliphatic heterocycles. The van der Waals surface area contributed by atoms with Crippen LogP contribution in [0.5, 0.6) is 0 Å². The van der Waals surface area contributed by atoms with Gasteiger partial charge in [-0.1, -0.05) is 29.8 Å². The van der Waals surface area contributed by atoms with E-state index in [2.05, 4.69) is 0 Å². The van der Waals surface area contributed by atoms with Crippen molar-refractivity contribution in [2.24, 2.45) is 0 Å². The van der Waals surface area contributed by atoms with Crippen LogP contribution in [0.15, 0.2) is 47.1 Å². The lowest BCUT2D eigenvalue weighted by Crippen LogP contribution is -2.07. The van der Waals surface area contributed by atoms with Crippen LogP contribution >= 0.6 is 0 Å². The molecule has 0 aliphatic carbocycles. The van der Waals surface area contributed by atoms with E-state index in [9.17, 15) is 9.59 Å². The fourth-order valence-electron chi connectivity index (χ4n) is 1.51. The normalized spacial score (nSPS) is 10.2. The van der Waals surface area contributed by atoms with E-state index in [1.807, 2.05) is 19.1 Å². The predicted molar refractivity (Wildman–Crippen MR) is 63.2 cm³/mol. The van der Waals surface area contributed by atoms with Crippen molar-refractivity contribution in [3.8, 4) is 0 Å². The molecule has 1 aromatic carbocycles. The van der Waals surface area contributed by atoms with E-state index in [0.717, 1.165) is 5.56 Å². The third-order valence-corrected chi connectivity index (χ3v) is 2.49. The molecular formula is C14H12O3. The van der Waals surface area contributed by atoms with Crippen molar-refractivity contribution in [1.29, 1.82) is 0 Å². The Labute approximate surface area is 99.1 Å². The largest absolute Gasteiger partial charge is 0.461 e. The molecule has 0 N–H and O–H groups in total. The van der Waals surface area contributed by atoms with Crippen LogP contribution in [0, 0.1) is 6.92 Å². The van der Waals surface area contributed by atoms with Gasteiger partial charge in [0, 0.05) is 5.56 Å². The molecule has 2 rings (SSSR count). The summed E-state index contributed by atoms with van der Waals surface area (Å²) < 4.78 is 4.95. The number of benzene rings is 1. The molecule has 0 atom stereocenters. The summed E-state index contributed by atoms with van der Waals surface area (Å²) in [4.78, 5) is 23.4. The lowest BCUT2D eigenvalue weighted by molar-refractivity contribution is 0.0878. The van der Waals surface area contributed by atoms with Gasteiger partial charge in [-0.15, -0.1) is 0 Å². The number of ketones is 2. The molecule has 0 saturated heterocycles. The third-order valence-electron chi connectivity index (χ3n) is 2.49. The van der Waals surface area contributed by atoms with E-state index in [0.29, 0.717) is 5.56 Å². The van der Waals surface area contributed by atoms with Gasteiger partial charge in [0.15, 0.2) is 11.5 Å². The standard InChI is InChI=1S/C14H12O3/c1-10-4-6-11(7-5-10)12(15)9-13(16)14-3-2-8-17-14/h2-8H,9H2,1H3. The van der Waals surface area contributed by atoms with Crippen LogP contribution in [0.4, 0.5) is 0 Å². The first-order chi connectivity index (χ1) is 8.16. The van der Waals surface area contributed by atoms with Crippen LogP contribution in [0.2, 0.25) is 0 Å². The summed E-state index contributed by atoms with van der Waals surface area (Å²) in [5.74, 6) is -0.252. The van der Waals surface area contributed by atoms with Crippen molar-refractivity contribution in [1.82, 2.24) is 0 Å². The van der Waals surface area contributed by atoms with Crippen LogP contribution < -0.4 is 0 Å². The monoisotopic (exact) mass is 228 g/mol. The molecule has 1 heterocycles. The van der Waals surface area contributed by atoms with Crippen molar-refractivity contribution in [3.05, 3.63) is 59.5 Å². The first-order valence-electron chi connectivity index (χ1n) is 5.33. The quantitative estimate of drug-likeness (QED) is 0.597. The number of aryl methyl sites for hydroxylation is 1. The maximum atomic E-state index is 11.8. The highest BCUT2D eigenvalue weighted by atomic mass is 16.3. The van der Waals surface area contributed by atoms with Crippen LogP contribution in [-0.4, -0.2) is 11.6 Å². The summed E-state index contributed by atoms with van der Waals surface area (Å²) >= 11 is 0. The topological polar surface area (TPSA) is 47.3 Å². The summed E-state index contributed by atoms with van der Waals surface area (Å²) in [6.07, 6.45) is 1.26. The number of rotatable bonds is 4. The molecular weight excluding hydrogens is 216 g/mol. The smallest absolute Gasteiger partial charge is 0.205 e. The Hall–Kier alpha value is -2.16. The molecule has 86 valence electrons. The third kappa shape index (κ3) is 2.69. The lowest BCUT2D eigenvalue weighted by Gasteiger charge is -1.99. The van der Waals surface area contributed by atoms with Crippen molar-refractivity contribution in [2.75, 3.05) is 0 Å². The highest BCUT2D eigenvalue weighted by Gasteiger charge is 2.15. The molecule has 17 heavy (non-hydrogen) atoms. The Morgan fingerprint density at radius 1 is 1.06 bits per heavy atom. The van der Waals surface area contributed by atoms with Gasteiger partial charge < -0.3 is 4.42 Å². The maximum absolute atomic E-state index is 11.8. The zero-order chi connectivity index (χ0) is 12.3. The van der Waals surface area contributed by atoms with Crippen molar-refractivity contribution < 1.29 is 14.0 Å². The van der Waals surface area contributed by atoms with Gasteiger partial charge in [0.05, 0.1) is 12.7 Å². The van der Waals surface area contributed by atoms with Gasteiger partial charge >= 0.3 is 0 Å². The Morgan fingerprint density at radius 3 is 2.35 bits per heavy atom. The van der Waals surface area contributed by atoms with Crippen LogP contribution in [0.3, 0.4) is 0 Å². The highest BCUT2D eigenvalue weighted by molar-refractivity contribution is 6.12. The Morgan fingerprint density at radius 2 is 1.76 bits per heavy atom. The molecule has 3 nitrogen and oxygen atoms in total. The van der Waals surface area contributed by atoms with Crippen molar-refractivity contribution >= 4 is 11.6 Å². The van der Waals surface area contributed by atoms with Crippen LogP contribution in [0.1, 0.15) is 32.9 Å². The SMILES string of the molecule is Cc1ccc(C(=O)CC(=O)c2ccco2)cc1. The second-order valence-corrected chi connectivity index (χ2v) is 3.87. The number of carbonyl (C=O) groups is 2. The molecule has 1 aromatic heterocycles.